The first kappa shape index (κ1) is 23.6. The molecule has 0 radical (unpaired) electrons. The number of carbonyl (C=O) groups is 1. The van der Waals surface area contributed by atoms with E-state index in [-0.39, 0.29) is 16.7 Å². The Morgan fingerprint density at radius 1 is 1.41 bits per heavy atom. The molecule has 5 rings (SSSR count). The third-order valence-corrected chi connectivity index (χ3v) is 12.0. The van der Waals surface area contributed by atoms with Crippen LogP contribution in [0.3, 0.4) is 0 Å². The number of aromatic nitrogens is 1. The van der Waals surface area contributed by atoms with Crippen LogP contribution in [0.5, 0.6) is 0 Å². The summed E-state index contributed by atoms with van der Waals surface area (Å²) in [6, 6.07) is 2.07. The van der Waals surface area contributed by atoms with Gasteiger partial charge < -0.3 is 0 Å². The van der Waals surface area contributed by atoms with E-state index in [1.54, 1.807) is 4.90 Å². The molecule has 1 aliphatic carbocycles. The summed E-state index contributed by atoms with van der Waals surface area (Å²) in [6.07, 6.45) is 4.87. The van der Waals surface area contributed by atoms with Crippen molar-refractivity contribution in [3.63, 3.8) is 0 Å². The Labute approximate surface area is 212 Å². The fraction of sp³-hybridized carbons (Fsp3) is 0.538. The number of pyridine rings is 1. The number of carbonyl (C=O) groups excluding carboxylic acids is 1. The molecule has 2 fully saturated rings. The maximum absolute atomic E-state index is 14.6. The first-order valence-electron chi connectivity index (χ1n) is 12.2. The van der Waals surface area contributed by atoms with Gasteiger partial charge in [-0.15, -0.1) is 0 Å². The number of alkyl halides is 1. The minimum atomic E-state index is -1.20. The summed E-state index contributed by atoms with van der Waals surface area (Å²) < 4.78 is 18.1. The van der Waals surface area contributed by atoms with Crippen LogP contribution in [-0.2, 0) is 17.6 Å². The van der Waals surface area contributed by atoms with E-state index in [0.29, 0.717) is 31.0 Å². The molecule has 1 atom stereocenters. The van der Waals surface area contributed by atoms with Gasteiger partial charge in [-0.25, -0.2) is 0 Å². The first-order valence-corrected chi connectivity index (χ1v) is 16.5. The fourth-order valence-electron chi connectivity index (χ4n) is 6.28. The van der Waals surface area contributed by atoms with Gasteiger partial charge in [-0.3, -0.25) is 0 Å². The van der Waals surface area contributed by atoms with Crippen molar-refractivity contribution in [2.45, 2.75) is 52.5 Å². The molecule has 0 unspecified atom stereocenters. The van der Waals surface area contributed by atoms with Gasteiger partial charge >= 0.3 is 206 Å². The van der Waals surface area contributed by atoms with E-state index in [4.69, 9.17) is 9.98 Å². The van der Waals surface area contributed by atoms with Crippen molar-refractivity contribution in [3.05, 3.63) is 38.4 Å². The Morgan fingerprint density at radius 2 is 2.18 bits per heavy atom. The Bertz CT molecular complexity index is 1170. The summed E-state index contributed by atoms with van der Waals surface area (Å²) in [6.45, 7) is 11.4. The molecule has 1 amide bonds. The summed E-state index contributed by atoms with van der Waals surface area (Å²) in [7, 11) is 0. The summed E-state index contributed by atoms with van der Waals surface area (Å²) in [5.41, 5.74) is 4.52. The van der Waals surface area contributed by atoms with Gasteiger partial charge in [0.15, 0.2) is 0 Å². The number of nitrogens with zero attached hydrogens (tertiary/aromatic N) is 5. The predicted molar refractivity (Wildman–Crippen MR) is 134 cm³/mol. The zero-order valence-corrected chi connectivity index (χ0v) is 24.4. The molecule has 2 saturated heterocycles. The molecule has 0 aromatic carbocycles. The average molecular weight is 563 g/mol. The number of rotatable bonds is 4. The summed E-state index contributed by atoms with van der Waals surface area (Å²) in [5, 5.41) is 10.4. The molecule has 4 heterocycles. The molecule has 0 saturated carbocycles. The van der Waals surface area contributed by atoms with Crippen LogP contribution in [0, 0.1) is 22.2 Å². The van der Waals surface area contributed by atoms with Crippen LogP contribution in [0.1, 0.15) is 56.0 Å². The van der Waals surface area contributed by atoms with Crippen LogP contribution in [0.15, 0.2) is 21.0 Å². The van der Waals surface area contributed by atoms with Crippen molar-refractivity contribution in [2.24, 2.45) is 15.8 Å². The number of amides is 1. The number of anilines is 1. The SMILES string of the molecule is C=CC(=O)N1CC2(CCN(c3nc4c(c(C5=[C](C)[InH][CH]=N5)c3C#N)CCC(C)(C)C4)[C@H]2CF)C1. The van der Waals surface area contributed by atoms with Gasteiger partial charge in [-0.2, -0.15) is 0 Å². The van der Waals surface area contributed by atoms with Crippen molar-refractivity contribution >= 4 is 44.3 Å². The molecule has 1 aromatic heterocycles. The van der Waals surface area contributed by atoms with E-state index in [9.17, 15) is 14.4 Å². The monoisotopic (exact) mass is 563 g/mol. The molecule has 8 heteroatoms. The first-order chi connectivity index (χ1) is 16.2. The summed E-state index contributed by atoms with van der Waals surface area (Å²) >= 11 is -1.20. The zero-order chi connectivity index (χ0) is 24.3. The molecule has 0 bridgehead atoms. The topological polar surface area (TPSA) is 72.6 Å². The van der Waals surface area contributed by atoms with Crippen LogP contribution in [0.2, 0.25) is 0 Å². The maximum atomic E-state index is 14.6. The van der Waals surface area contributed by atoms with Crippen molar-refractivity contribution in [1.29, 1.82) is 5.26 Å². The van der Waals surface area contributed by atoms with Crippen LogP contribution < -0.4 is 4.90 Å². The number of hydrogen-bond acceptors (Lipinski definition) is 5. The van der Waals surface area contributed by atoms with Crippen molar-refractivity contribution in [2.75, 3.05) is 31.2 Å². The molecule has 1 aromatic rings. The molecular formula is C26H31FInN5O. The van der Waals surface area contributed by atoms with Gasteiger partial charge in [0.1, 0.15) is 0 Å². The number of allylic oxidation sites excluding steroid dienone is 1. The van der Waals surface area contributed by atoms with E-state index in [2.05, 4.69) is 37.4 Å². The molecule has 176 valence electrons. The second kappa shape index (κ2) is 8.51. The number of halogens is 1. The van der Waals surface area contributed by atoms with E-state index in [1.165, 1.54) is 9.41 Å². The zero-order valence-electron chi connectivity index (χ0n) is 20.3. The third-order valence-electron chi connectivity index (χ3n) is 8.28. The quantitative estimate of drug-likeness (QED) is 0.528. The van der Waals surface area contributed by atoms with Gasteiger partial charge in [0.25, 0.3) is 0 Å². The van der Waals surface area contributed by atoms with Crippen molar-refractivity contribution < 1.29 is 9.18 Å². The van der Waals surface area contributed by atoms with Crippen molar-refractivity contribution in [3.8, 4) is 6.07 Å². The van der Waals surface area contributed by atoms with Gasteiger partial charge in [0.2, 0.25) is 0 Å². The summed E-state index contributed by atoms with van der Waals surface area (Å²) in [5.74, 6) is 0.503. The third kappa shape index (κ3) is 3.62. The molecule has 4 aliphatic rings. The Balaban J connectivity index is 1.62. The van der Waals surface area contributed by atoms with Crippen LogP contribution in [-0.4, -0.2) is 75.0 Å². The second-order valence-corrected chi connectivity index (χ2v) is 16.3. The second-order valence-electron chi connectivity index (χ2n) is 11.1. The normalized spacial score (nSPS) is 24.0. The Hall–Kier alpha value is -2.14. The van der Waals surface area contributed by atoms with E-state index in [1.807, 2.05) is 4.90 Å². The average Bonchev–Trinajstić information content (AvgIpc) is 3.38. The Morgan fingerprint density at radius 3 is 2.79 bits per heavy atom. The minimum absolute atomic E-state index is 0.108. The van der Waals surface area contributed by atoms with Gasteiger partial charge in [-0.1, -0.05) is 6.58 Å². The predicted octanol–water partition coefficient (Wildman–Crippen LogP) is 3.20. The standard InChI is InChI=1S/C26H30FN5O.In.H/c1-6-19(29-5)23-17-8-9-25(3,4)12-20(17)30-24(18(23)14-28)32-11-10-26(21(32)13-27)15-31(16-26)22(33)7-2;;/h5,7,21H,2,8-13,15-16H2,1,3-4H3;;/t21-;;/m0../s1. The molecule has 0 N–H and O–H groups in total. The number of likely N-dealkylation sites (tertiary alicyclic amines) is 1. The van der Waals surface area contributed by atoms with E-state index in [0.717, 1.165) is 48.2 Å². The van der Waals surface area contributed by atoms with Crippen LogP contribution >= 0.6 is 0 Å². The van der Waals surface area contributed by atoms with E-state index < -0.39 is 35.6 Å². The van der Waals surface area contributed by atoms with Gasteiger partial charge in [0.05, 0.1) is 0 Å². The number of hydrogen-bond donors (Lipinski definition) is 0. The van der Waals surface area contributed by atoms with Crippen LogP contribution in [0.4, 0.5) is 10.2 Å². The fourth-order valence-corrected chi connectivity index (χ4v) is 9.16. The van der Waals surface area contributed by atoms with Crippen molar-refractivity contribution in [1.82, 2.24) is 9.88 Å². The number of nitriles is 1. The van der Waals surface area contributed by atoms with E-state index >= 15 is 0 Å². The van der Waals surface area contributed by atoms with Gasteiger partial charge in [-0.05, 0) is 0 Å². The molecule has 3 aliphatic heterocycles. The molecule has 34 heavy (non-hydrogen) atoms. The van der Waals surface area contributed by atoms with Crippen LogP contribution in [0.25, 0.3) is 5.70 Å². The Kier molecular flexibility index (Phi) is 5.91. The number of aliphatic imine (C=N–C) groups is 1. The molecular weight excluding hydrogens is 532 g/mol. The molecule has 1 spiro atoms. The summed E-state index contributed by atoms with van der Waals surface area (Å²) in [4.78, 5) is 25.7. The number of fused-ring (bicyclic) bond motifs is 1. The molecule has 6 nitrogen and oxygen atoms in total. The van der Waals surface area contributed by atoms with Gasteiger partial charge in [0, 0.05) is 0 Å².